The first-order valence-corrected chi connectivity index (χ1v) is 9.38. The zero-order valence-electron chi connectivity index (χ0n) is 15.0. The number of hydrogen-bond acceptors (Lipinski definition) is 6. The van der Waals surface area contributed by atoms with E-state index in [1.54, 1.807) is 17.9 Å². The van der Waals surface area contributed by atoms with Crippen molar-refractivity contribution >= 4 is 23.5 Å². The number of carbonyl (C=O) groups excluding carboxylic acids is 1. The van der Waals surface area contributed by atoms with Crippen LogP contribution < -0.4 is 4.90 Å². The Labute approximate surface area is 158 Å². The number of halogens is 3. The van der Waals surface area contributed by atoms with Crippen LogP contribution in [0.3, 0.4) is 0 Å². The van der Waals surface area contributed by atoms with Crippen LogP contribution in [-0.4, -0.2) is 63.8 Å². The lowest BCUT2D eigenvalue weighted by Gasteiger charge is -2.28. The second kappa shape index (κ2) is 7.93. The zero-order valence-corrected chi connectivity index (χ0v) is 15.8. The van der Waals surface area contributed by atoms with E-state index in [-0.39, 0.29) is 22.6 Å². The van der Waals surface area contributed by atoms with Crippen LogP contribution in [0.1, 0.15) is 21.7 Å². The Balaban J connectivity index is 1.78. The Hall–Kier alpha value is -2.01. The summed E-state index contributed by atoms with van der Waals surface area (Å²) < 4.78 is 45.5. The van der Waals surface area contributed by atoms with E-state index in [9.17, 15) is 18.0 Å². The summed E-state index contributed by atoms with van der Waals surface area (Å²) in [5.41, 5.74) is 2.13. The smallest absolute Gasteiger partial charge is 0.378 e. The zero-order chi connectivity index (χ0) is 19.6. The van der Waals surface area contributed by atoms with Gasteiger partial charge >= 0.3 is 6.18 Å². The molecule has 2 aromatic heterocycles. The van der Waals surface area contributed by atoms with Crippen molar-refractivity contribution in [3.05, 3.63) is 23.0 Å². The Morgan fingerprint density at radius 2 is 2.00 bits per heavy atom. The Morgan fingerprint density at radius 1 is 1.30 bits per heavy atom. The molecule has 1 fully saturated rings. The predicted molar refractivity (Wildman–Crippen MR) is 94.4 cm³/mol. The van der Waals surface area contributed by atoms with Crippen molar-refractivity contribution in [3.63, 3.8) is 0 Å². The second-order valence-electron chi connectivity index (χ2n) is 6.29. The molecule has 1 N–H and O–H groups in total. The van der Waals surface area contributed by atoms with E-state index >= 15 is 0 Å². The van der Waals surface area contributed by atoms with Crippen molar-refractivity contribution < 1.29 is 22.7 Å². The summed E-state index contributed by atoms with van der Waals surface area (Å²) in [5.74, 6) is -0.0346. The molecule has 1 aliphatic rings. The molecule has 0 aromatic carbocycles. The average molecular weight is 403 g/mol. The van der Waals surface area contributed by atoms with Gasteiger partial charge in [-0.3, -0.25) is 9.36 Å². The maximum absolute atomic E-state index is 13.1. The van der Waals surface area contributed by atoms with E-state index in [0.29, 0.717) is 31.9 Å². The van der Waals surface area contributed by atoms with E-state index in [1.165, 1.54) is 0 Å². The number of thioether (sulfide) groups is 1. The number of aryl methyl sites for hydroxylation is 2. The number of nitrogens with zero attached hydrogens (tertiary/aromatic N) is 4. The van der Waals surface area contributed by atoms with Gasteiger partial charge in [0.05, 0.1) is 19.0 Å². The minimum Gasteiger partial charge on any atom is -0.378 e. The highest BCUT2D eigenvalue weighted by molar-refractivity contribution is 7.99. The van der Waals surface area contributed by atoms with Crippen LogP contribution in [-0.2, 0) is 11.3 Å². The number of alkyl halides is 3. The fourth-order valence-electron chi connectivity index (χ4n) is 2.92. The third-order valence-electron chi connectivity index (χ3n) is 4.11. The minimum absolute atomic E-state index is 0.0166. The highest BCUT2D eigenvalue weighted by atomic mass is 32.2. The number of morpholine rings is 1. The molecule has 0 saturated carbocycles. The van der Waals surface area contributed by atoms with Crippen molar-refractivity contribution in [2.75, 3.05) is 37.0 Å². The number of carbonyl (C=O) groups is 1. The summed E-state index contributed by atoms with van der Waals surface area (Å²) in [4.78, 5) is 17.2. The van der Waals surface area contributed by atoms with Gasteiger partial charge in [0.25, 0.3) is 0 Å². The van der Waals surface area contributed by atoms with Crippen molar-refractivity contribution in [3.8, 4) is 0 Å². The molecule has 27 heavy (non-hydrogen) atoms. The molecule has 0 atom stereocenters. The highest BCUT2D eigenvalue weighted by Crippen LogP contribution is 2.28. The topological polar surface area (TPSA) is 76.0 Å². The molecule has 0 unspecified atom stereocenters. The Bertz CT molecular complexity index is 812. The highest BCUT2D eigenvalue weighted by Gasteiger charge is 2.33. The molecule has 0 amide bonds. The standard InChI is InChI=1S/C16H20F3N5O2S/c1-10-7-12(11(2)20-10)13(25)8-27-15-22-21-14(23-3-5-26-6-4-23)24(15)9-16(17,18)19/h7,20H,3-6,8-9H2,1-2H3. The fraction of sp³-hybridized carbons (Fsp3) is 0.562. The molecule has 148 valence electrons. The molecular formula is C16H20F3N5O2S. The third kappa shape index (κ3) is 4.83. The van der Waals surface area contributed by atoms with E-state index in [0.717, 1.165) is 27.7 Å². The molecule has 11 heteroatoms. The molecule has 0 spiro atoms. The average Bonchev–Trinajstić information content (AvgIpc) is 3.14. The maximum Gasteiger partial charge on any atom is 0.406 e. The summed E-state index contributed by atoms with van der Waals surface area (Å²) >= 11 is 0.961. The molecule has 0 aliphatic carbocycles. The summed E-state index contributed by atoms with van der Waals surface area (Å²) in [6, 6.07) is 1.73. The van der Waals surface area contributed by atoms with E-state index in [1.807, 2.05) is 6.92 Å². The van der Waals surface area contributed by atoms with Crippen LogP contribution in [0, 0.1) is 13.8 Å². The normalized spacial score (nSPS) is 15.4. The van der Waals surface area contributed by atoms with Gasteiger partial charge in [-0.1, -0.05) is 11.8 Å². The molecule has 2 aromatic rings. The molecule has 1 saturated heterocycles. The van der Waals surface area contributed by atoms with Crippen LogP contribution in [0.25, 0.3) is 0 Å². The monoisotopic (exact) mass is 403 g/mol. The fourth-order valence-corrected chi connectivity index (χ4v) is 3.74. The van der Waals surface area contributed by atoms with Gasteiger partial charge in [0.2, 0.25) is 5.95 Å². The number of Topliss-reactive ketones (excluding diaryl/α,β-unsaturated/α-hetero) is 1. The summed E-state index contributed by atoms with van der Waals surface area (Å²) in [5, 5.41) is 7.92. The van der Waals surface area contributed by atoms with Crippen LogP contribution >= 0.6 is 11.8 Å². The van der Waals surface area contributed by atoms with E-state index in [4.69, 9.17) is 4.74 Å². The van der Waals surface area contributed by atoms with Crippen molar-refractivity contribution in [2.24, 2.45) is 0 Å². The second-order valence-corrected chi connectivity index (χ2v) is 7.23. The number of ether oxygens (including phenoxy) is 1. The number of anilines is 1. The summed E-state index contributed by atoms with van der Waals surface area (Å²) in [7, 11) is 0. The van der Waals surface area contributed by atoms with Crippen molar-refractivity contribution in [1.29, 1.82) is 0 Å². The van der Waals surface area contributed by atoms with E-state index in [2.05, 4.69) is 15.2 Å². The minimum atomic E-state index is -4.42. The van der Waals surface area contributed by atoms with Crippen LogP contribution in [0.4, 0.5) is 19.1 Å². The SMILES string of the molecule is Cc1cc(C(=O)CSc2nnc(N3CCOCC3)n2CC(F)(F)F)c(C)[nH]1. The van der Waals surface area contributed by atoms with Gasteiger partial charge in [-0.05, 0) is 19.9 Å². The summed E-state index contributed by atoms with van der Waals surface area (Å²) in [6.45, 7) is 4.16. The van der Waals surface area contributed by atoms with Crippen molar-refractivity contribution in [1.82, 2.24) is 19.7 Å². The lowest BCUT2D eigenvalue weighted by molar-refractivity contribution is -0.141. The predicted octanol–water partition coefficient (Wildman–Crippen LogP) is 2.60. The van der Waals surface area contributed by atoms with Crippen LogP contribution in [0.5, 0.6) is 0 Å². The Morgan fingerprint density at radius 3 is 2.59 bits per heavy atom. The lowest BCUT2D eigenvalue weighted by Crippen LogP contribution is -2.38. The molecule has 0 radical (unpaired) electrons. The molecular weight excluding hydrogens is 383 g/mol. The largest absolute Gasteiger partial charge is 0.406 e. The number of aromatic amines is 1. The van der Waals surface area contributed by atoms with Gasteiger partial charge in [-0.2, -0.15) is 13.2 Å². The van der Waals surface area contributed by atoms with Gasteiger partial charge in [0, 0.05) is 30.0 Å². The number of H-pyrrole nitrogens is 1. The van der Waals surface area contributed by atoms with Gasteiger partial charge in [0.1, 0.15) is 6.54 Å². The molecule has 1 aliphatic heterocycles. The number of aromatic nitrogens is 4. The lowest BCUT2D eigenvalue weighted by atomic mass is 10.2. The number of ketones is 1. The number of hydrogen-bond donors (Lipinski definition) is 1. The molecule has 7 nitrogen and oxygen atoms in total. The molecule has 0 bridgehead atoms. The van der Waals surface area contributed by atoms with Gasteiger partial charge in [-0.25, -0.2) is 0 Å². The van der Waals surface area contributed by atoms with Crippen LogP contribution in [0.15, 0.2) is 11.2 Å². The Kier molecular flexibility index (Phi) is 5.80. The summed E-state index contributed by atoms with van der Waals surface area (Å²) in [6.07, 6.45) is -4.42. The third-order valence-corrected chi connectivity index (χ3v) is 5.08. The maximum atomic E-state index is 13.1. The number of nitrogens with one attached hydrogen (secondary N) is 1. The van der Waals surface area contributed by atoms with Gasteiger partial charge in [0.15, 0.2) is 10.9 Å². The number of rotatable bonds is 6. The van der Waals surface area contributed by atoms with Crippen molar-refractivity contribution in [2.45, 2.75) is 31.7 Å². The van der Waals surface area contributed by atoms with Crippen LogP contribution in [0.2, 0.25) is 0 Å². The van der Waals surface area contributed by atoms with Gasteiger partial charge < -0.3 is 14.6 Å². The first kappa shape index (κ1) is 19.7. The first-order valence-electron chi connectivity index (χ1n) is 8.39. The molecule has 3 heterocycles. The van der Waals surface area contributed by atoms with E-state index < -0.39 is 12.7 Å². The first-order chi connectivity index (χ1) is 12.7. The quantitative estimate of drug-likeness (QED) is 0.590. The molecule has 3 rings (SSSR count). The van der Waals surface area contributed by atoms with Gasteiger partial charge in [-0.15, -0.1) is 10.2 Å².